The topological polar surface area (TPSA) is 127 Å². The molecule has 2 aromatic rings. The largest absolute Gasteiger partial charge is 0.480 e. The van der Waals surface area contributed by atoms with E-state index in [0.717, 1.165) is 22.2 Å². The summed E-state index contributed by atoms with van der Waals surface area (Å²) in [7, 11) is 0. The number of aliphatic carboxylic acids is 1. The van der Waals surface area contributed by atoms with Crippen molar-refractivity contribution >= 4 is 40.2 Å². The summed E-state index contributed by atoms with van der Waals surface area (Å²) in [5, 5.41) is 8.15. The lowest BCUT2D eigenvalue weighted by molar-refractivity contribution is -0.140. The maximum Gasteiger partial charge on any atom is 0.323 e. The summed E-state index contributed by atoms with van der Waals surface area (Å²) in [5.41, 5.74) is 7.15. The van der Waals surface area contributed by atoms with Gasteiger partial charge in [-0.2, -0.15) is 0 Å². The number of ketones is 1. The van der Waals surface area contributed by atoms with Gasteiger partial charge in [-0.3, -0.25) is 29.8 Å². The van der Waals surface area contributed by atoms with Gasteiger partial charge in [0.15, 0.2) is 17.1 Å². The van der Waals surface area contributed by atoms with E-state index in [-0.39, 0.29) is 23.0 Å². The average Bonchev–Trinajstić information content (AvgIpc) is 2.81. The normalized spacial score (nSPS) is 19.0. The average molecular weight is 442 g/mol. The maximum atomic E-state index is 13.5. The van der Waals surface area contributed by atoms with Gasteiger partial charge in [0.25, 0.3) is 0 Å². The highest BCUT2D eigenvalue weighted by Crippen LogP contribution is 2.35. The van der Waals surface area contributed by atoms with Gasteiger partial charge in [-0.05, 0) is 24.1 Å². The van der Waals surface area contributed by atoms with E-state index in [4.69, 9.17) is 10.5 Å². The number of amides is 1. The number of carbonyl (C=O) groups excluding carboxylic acids is 3. The van der Waals surface area contributed by atoms with E-state index >= 15 is 0 Å². The molecule has 3 N–H and O–H groups in total. The van der Waals surface area contributed by atoms with Crippen LogP contribution in [0, 0.1) is 5.92 Å². The lowest BCUT2D eigenvalue weighted by Crippen LogP contribution is -2.52. The number of thioether (sulfide) groups is 1. The second kappa shape index (κ2) is 9.76. The highest BCUT2D eigenvalue weighted by atomic mass is 32.2. The second-order valence-corrected chi connectivity index (χ2v) is 8.42. The quantitative estimate of drug-likeness (QED) is 0.622. The molecule has 2 aromatic carbocycles. The number of carboxylic acids is 1. The number of hydrogen-bond acceptors (Lipinski definition) is 7. The highest BCUT2D eigenvalue weighted by molar-refractivity contribution is 8.14. The number of hydrogen-bond donors (Lipinski definition) is 2. The number of fused-ring (bicyclic) bond motifs is 1. The molecule has 0 bridgehead atoms. The molecule has 1 amide bonds. The summed E-state index contributed by atoms with van der Waals surface area (Å²) in [6.07, 6.45) is -1.11. The summed E-state index contributed by atoms with van der Waals surface area (Å²) < 4.78 is 5.69. The molecule has 162 valence electrons. The van der Waals surface area contributed by atoms with Gasteiger partial charge in [0.1, 0.15) is 18.2 Å². The second-order valence-electron chi connectivity index (χ2n) is 7.04. The number of nitrogens with two attached hydrogens (primary N) is 1. The van der Waals surface area contributed by atoms with E-state index in [2.05, 4.69) is 0 Å². The molecule has 0 aromatic heterocycles. The fourth-order valence-corrected chi connectivity index (χ4v) is 4.37. The molecule has 1 heterocycles. The lowest BCUT2D eigenvalue weighted by atomic mass is 9.94. The van der Waals surface area contributed by atoms with Gasteiger partial charge in [0.05, 0.1) is 10.9 Å². The minimum absolute atomic E-state index is 0.207. The molecule has 0 spiro atoms. The number of Topliss-reactive ketones (excluding diaryl/α,β-unsaturated/α-hetero) is 1. The Morgan fingerprint density at radius 3 is 2.42 bits per heavy atom. The van der Waals surface area contributed by atoms with Crippen molar-refractivity contribution in [2.45, 2.75) is 24.8 Å². The van der Waals surface area contributed by atoms with Crippen LogP contribution in [-0.2, 0) is 25.6 Å². The van der Waals surface area contributed by atoms with E-state index in [1.165, 1.54) is 13.0 Å². The summed E-state index contributed by atoms with van der Waals surface area (Å²) >= 11 is 0.819. The number of ether oxygens (including phenoxy) is 1. The van der Waals surface area contributed by atoms with Crippen molar-refractivity contribution in [3.05, 3.63) is 60.2 Å². The first-order chi connectivity index (χ1) is 14.8. The fourth-order valence-electron chi connectivity index (χ4n) is 3.43. The van der Waals surface area contributed by atoms with Gasteiger partial charge in [-0.25, -0.2) is 0 Å². The van der Waals surface area contributed by atoms with Crippen LogP contribution >= 0.6 is 11.8 Å². The highest BCUT2D eigenvalue weighted by Gasteiger charge is 2.44. The number of carbonyl (C=O) groups is 4. The predicted molar refractivity (Wildman–Crippen MR) is 116 cm³/mol. The minimum atomic E-state index is -1.47. The first-order valence-electron chi connectivity index (χ1n) is 9.57. The van der Waals surface area contributed by atoms with Gasteiger partial charge in [0, 0.05) is 6.92 Å². The van der Waals surface area contributed by atoms with Gasteiger partial charge >= 0.3 is 5.97 Å². The molecule has 0 saturated heterocycles. The third-order valence-corrected chi connectivity index (χ3v) is 5.78. The molecule has 0 aliphatic carbocycles. The third kappa shape index (κ3) is 5.31. The molecule has 31 heavy (non-hydrogen) atoms. The minimum Gasteiger partial charge on any atom is -0.480 e. The summed E-state index contributed by atoms with van der Waals surface area (Å²) in [6, 6.07) is 15.5. The van der Waals surface area contributed by atoms with E-state index in [1.807, 2.05) is 30.3 Å². The van der Waals surface area contributed by atoms with Crippen LogP contribution in [0.1, 0.15) is 12.5 Å². The molecule has 3 rings (SSSR count). The fraction of sp³-hybridized carbons (Fsp3) is 0.273. The standard InChI is InChI=1S/C22H22N2O6S/c1-13(25)31-17(11-14-7-3-2-4-8-14)20(28)19-21(23)30-16-10-6-5-9-15(16)24(22(19)29)12-18(26)27/h2-10,17,19,21H,11-12,23H2,1H3,(H,26,27). The molecule has 9 heteroatoms. The van der Waals surface area contributed by atoms with Gasteiger partial charge < -0.3 is 9.84 Å². The maximum absolute atomic E-state index is 13.5. The molecule has 3 unspecified atom stereocenters. The van der Waals surface area contributed by atoms with Crippen LogP contribution in [0.4, 0.5) is 5.69 Å². The Morgan fingerprint density at radius 1 is 1.13 bits per heavy atom. The molecular formula is C22H22N2O6S. The van der Waals surface area contributed by atoms with Crippen LogP contribution in [0.3, 0.4) is 0 Å². The summed E-state index contributed by atoms with van der Waals surface area (Å²) in [4.78, 5) is 51.0. The van der Waals surface area contributed by atoms with E-state index in [1.54, 1.807) is 18.2 Å². The van der Waals surface area contributed by atoms with Crippen LogP contribution in [0.25, 0.3) is 0 Å². The first-order valence-corrected chi connectivity index (χ1v) is 10.4. The Hall–Kier alpha value is -3.17. The number of benzene rings is 2. The molecule has 3 atom stereocenters. The Kier molecular flexibility index (Phi) is 7.09. The van der Waals surface area contributed by atoms with E-state index in [9.17, 15) is 24.3 Å². The van der Waals surface area contributed by atoms with E-state index < -0.39 is 41.6 Å². The van der Waals surface area contributed by atoms with Crippen molar-refractivity contribution in [3.8, 4) is 5.75 Å². The molecule has 1 aliphatic rings. The molecule has 0 fully saturated rings. The Bertz CT molecular complexity index is 997. The number of anilines is 1. The van der Waals surface area contributed by atoms with Gasteiger partial charge in [0.2, 0.25) is 5.91 Å². The summed E-state index contributed by atoms with van der Waals surface area (Å²) in [6.45, 7) is 0.687. The Balaban J connectivity index is 1.97. The SMILES string of the molecule is CC(=O)SC(Cc1ccccc1)C(=O)C1C(=O)N(CC(=O)O)c2ccccc2OC1N. The van der Waals surface area contributed by atoms with Crippen LogP contribution in [0.2, 0.25) is 0 Å². The van der Waals surface area contributed by atoms with Crippen molar-refractivity contribution in [2.24, 2.45) is 11.7 Å². The summed E-state index contributed by atoms with van der Waals surface area (Å²) in [5.74, 6) is -3.85. The van der Waals surface area contributed by atoms with Crippen molar-refractivity contribution in [3.63, 3.8) is 0 Å². The number of carboxylic acid groups (broad SMARTS) is 1. The number of rotatable bonds is 7. The number of nitrogens with zero attached hydrogens (tertiary/aromatic N) is 1. The molecule has 8 nitrogen and oxygen atoms in total. The smallest absolute Gasteiger partial charge is 0.323 e. The van der Waals surface area contributed by atoms with Crippen LogP contribution in [-0.4, -0.2) is 45.9 Å². The lowest BCUT2D eigenvalue weighted by Gasteiger charge is -2.26. The third-order valence-electron chi connectivity index (χ3n) is 4.77. The molecular weight excluding hydrogens is 420 g/mol. The zero-order chi connectivity index (χ0) is 22.5. The zero-order valence-corrected chi connectivity index (χ0v) is 17.6. The van der Waals surface area contributed by atoms with Gasteiger partial charge in [-0.15, -0.1) is 0 Å². The van der Waals surface area contributed by atoms with Gasteiger partial charge in [-0.1, -0.05) is 54.2 Å². The van der Waals surface area contributed by atoms with Crippen molar-refractivity contribution < 1.29 is 29.0 Å². The predicted octanol–water partition coefficient (Wildman–Crippen LogP) is 1.86. The van der Waals surface area contributed by atoms with Crippen LogP contribution < -0.4 is 15.4 Å². The monoisotopic (exact) mass is 442 g/mol. The molecule has 0 radical (unpaired) electrons. The van der Waals surface area contributed by atoms with Crippen LogP contribution in [0.5, 0.6) is 5.75 Å². The number of para-hydroxylation sites is 2. The first kappa shape index (κ1) is 22.5. The molecule has 1 aliphatic heterocycles. The van der Waals surface area contributed by atoms with Crippen molar-refractivity contribution in [1.82, 2.24) is 0 Å². The Labute approximate surface area is 183 Å². The van der Waals surface area contributed by atoms with Crippen molar-refractivity contribution in [1.29, 1.82) is 0 Å². The van der Waals surface area contributed by atoms with Crippen molar-refractivity contribution in [2.75, 3.05) is 11.4 Å². The Morgan fingerprint density at radius 2 is 1.77 bits per heavy atom. The van der Waals surface area contributed by atoms with E-state index in [0.29, 0.717) is 0 Å². The molecule has 0 saturated carbocycles. The van der Waals surface area contributed by atoms with Crippen LogP contribution in [0.15, 0.2) is 54.6 Å². The zero-order valence-electron chi connectivity index (χ0n) is 16.8.